The molecule has 0 radical (unpaired) electrons. The monoisotopic (exact) mass is 653 g/mol. The number of rotatable bonds is 14. The van der Waals surface area contributed by atoms with Crippen molar-refractivity contribution in [2.75, 3.05) is 6.54 Å². The third-order valence-electron chi connectivity index (χ3n) is 8.45. The number of nitrogens with one attached hydrogen (secondary N) is 3. The minimum absolute atomic E-state index is 0.0487. The molecule has 2 fully saturated rings. The molecule has 5 N–H and O–H groups in total. The first kappa shape index (κ1) is 37.2. The van der Waals surface area contributed by atoms with Gasteiger partial charge >= 0.3 is 12.0 Å². The molecule has 1 saturated carbocycles. The Labute approximate surface area is 277 Å². The molecule has 1 aromatic rings. The van der Waals surface area contributed by atoms with Crippen LogP contribution >= 0.6 is 0 Å². The van der Waals surface area contributed by atoms with Crippen LogP contribution in [-0.4, -0.2) is 71.1 Å². The number of carbonyl (C=O) groups is 6. The number of primary amides is 1. The molecule has 5 atom stereocenters. The van der Waals surface area contributed by atoms with E-state index in [0.717, 1.165) is 24.0 Å². The van der Waals surface area contributed by atoms with Crippen molar-refractivity contribution in [1.82, 2.24) is 20.9 Å². The van der Waals surface area contributed by atoms with Crippen molar-refractivity contribution in [2.45, 2.75) is 105 Å². The summed E-state index contributed by atoms with van der Waals surface area (Å²) in [6, 6.07) is 4.38. The van der Waals surface area contributed by atoms with Gasteiger partial charge in [0.25, 0.3) is 5.91 Å². The fraction of sp³-hybridized carbons (Fsp3) is 0.600. The lowest BCUT2D eigenvalue weighted by Crippen LogP contribution is -2.61. The van der Waals surface area contributed by atoms with Crippen LogP contribution in [0.1, 0.15) is 79.7 Å². The molecule has 47 heavy (non-hydrogen) atoms. The highest BCUT2D eigenvalue weighted by molar-refractivity contribution is 6.37. The molecule has 258 valence electrons. The minimum atomic E-state index is -1.12. The second kappa shape index (κ2) is 16.1. The summed E-state index contributed by atoms with van der Waals surface area (Å²) in [6.07, 6.45) is 4.40. The summed E-state index contributed by atoms with van der Waals surface area (Å²) in [5.74, 6) is -3.86. The molecule has 12 nitrogen and oxygen atoms in total. The van der Waals surface area contributed by atoms with Crippen molar-refractivity contribution in [1.29, 1.82) is 0 Å². The average Bonchev–Trinajstić information content (AvgIpc) is 3.71. The second-order valence-corrected chi connectivity index (χ2v) is 14.4. The number of Topliss-reactive ketones (excluding diaryl/α,β-unsaturated/α-hetero) is 1. The molecule has 0 aromatic heterocycles. The molecule has 1 unspecified atom stereocenters. The summed E-state index contributed by atoms with van der Waals surface area (Å²) in [4.78, 5) is 80.0. The minimum Gasteiger partial charge on any atom is -0.459 e. The van der Waals surface area contributed by atoms with Crippen LogP contribution in [0.5, 0.6) is 0 Å². The standard InChI is InChI=1S/C35H51N5O7/c1-20(2)15-24-17-26(31(43)37-25(16-22-13-14-22)28(41)30(36)42)40(18-24)32(44)29(35(5,6)7)39-34(46)38-27(21(3)4)33(45)47-19-23-11-9-8-10-12-23/h8-12,15,21-22,24-27,29H,13-14,16-19H2,1-7H3,(H2,36,42)(H,37,43)(H2,38,39,46)/t24-,25?,26+,27+,29-/m1/s1. The fourth-order valence-electron chi connectivity index (χ4n) is 5.76. The predicted octanol–water partition coefficient (Wildman–Crippen LogP) is 2.99. The molecule has 5 amide bonds. The number of hydrogen-bond donors (Lipinski definition) is 4. The lowest BCUT2D eigenvalue weighted by Gasteiger charge is -2.36. The van der Waals surface area contributed by atoms with Crippen molar-refractivity contribution in [3.8, 4) is 0 Å². The smallest absolute Gasteiger partial charge is 0.329 e. The van der Waals surface area contributed by atoms with Crippen LogP contribution in [0.4, 0.5) is 4.79 Å². The highest BCUT2D eigenvalue weighted by atomic mass is 16.5. The van der Waals surface area contributed by atoms with E-state index >= 15 is 0 Å². The summed E-state index contributed by atoms with van der Waals surface area (Å²) in [5, 5.41) is 8.15. The first-order valence-corrected chi connectivity index (χ1v) is 16.3. The van der Waals surface area contributed by atoms with Gasteiger partial charge in [-0.3, -0.25) is 19.2 Å². The van der Waals surface area contributed by atoms with E-state index in [1.54, 1.807) is 34.6 Å². The maximum absolute atomic E-state index is 14.3. The summed E-state index contributed by atoms with van der Waals surface area (Å²) in [6.45, 7) is 13.0. The molecule has 3 rings (SSSR count). The van der Waals surface area contributed by atoms with Crippen LogP contribution in [0.15, 0.2) is 42.0 Å². The van der Waals surface area contributed by atoms with Gasteiger partial charge in [0.2, 0.25) is 17.6 Å². The summed E-state index contributed by atoms with van der Waals surface area (Å²) in [7, 11) is 0. The third kappa shape index (κ3) is 10.9. The maximum atomic E-state index is 14.3. The largest absolute Gasteiger partial charge is 0.459 e. The maximum Gasteiger partial charge on any atom is 0.329 e. The number of allylic oxidation sites excluding steroid dienone is 1. The first-order valence-electron chi connectivity index (χ1n) is 16.3. The number of nitrogens with two attached hydrogens (primary N) is 1. The van der Waals surface area contributed by atoms with E-state index in [1.165, 1.54) is 4.90 Å². The highest BCUT2D eigenvalue weighted by Crippen LogP contribution is 2.34. The molecule has 1 aliphatic carbocycles. The number of nitrogens with zero attached hydrogens (tertiary/aromatic N) is 1. The molecule has 1 saturated heterocycles. The number of hydrogen-bond acceptors (Lipinski definition) is 7. The van der Waals surface area contributed by atoms with Gasteiger partial charge in [0.15, 0.2) is 0 Å². The Bertz CT molecular complexity index is 1350. The lowest BCUT2D eigenvalue weighted by atomic mass is 9.85. The van der Waals surface area contributed by atoms with Gasteiger partial charge in [-0.2, -0.15) is 0 Å². The molecular formula is C35H51N5O7. The quantitative estimate of drug-likeness (QED) is 0.136. The van der Waals surface area contributed by atoms with E-state index in [1.807, 2.05) is 50.3 Å². The van der Waals surface area contributed by atoms with E-state index in [2.05, 4.69) is 16.0 Å². The SMILES string of the molecule is CC(C)=C[C@@H]1C[C@@H](C(=O)NC(CC2CC2)C(=O)C(N)=O)N(C(=O)[C@@H](NC(=O)N[C@H](C(=O)OCc2ccccc2)C(C)C)C(C)(C)C)C1. The Morgan fingerprint density at radius 2 is 1.64 bits per heavy atom. The zero-order valence-corrected chi connectivity index (χ0v) is 28.6. The zero-order chi connectivity index (χ0) is 35.1. The van der Waals surface area contributed by atoms with Crippen molar-refractivity contribution in [2.24, 2.45) is 28.9 Å². The number of carbonyl (C=O) groups excluding carboxylic acids is 6. The topological polar surface area (TPSA) is 177 Å². The van der Waals surface area contributed by atoms with Crippen LogP contribution < -0.4 is 21.7 Å². The van der Waals surface area contributed by atoms with Crippen LogP contribution in [0.3, 0.4) is 0 Å². The molecule has 0 bridgehead atoms. The third-order valence-corrected chi connectivity index (χ3v) is 8.45. The number of urea groups is 1. The fourth-order valence-corrected chi connectivity index (χ4v) is 5.76. The van der Waals surface area contributed by atoms with E-state index in [4.69, 9.17) is 10.5 Å². The molecule has 1 aromatic carbocycles. The lowest BCUT2D eigenvalue weighted by molar-refractivity contribution is -0.148. The Hall–Kier alpha value is -4.22. The molecule has 2 aliphatic rings. The van der Waals surface area contributed by atoms with E-state index in [-0.39, 0.29) is 30.9 Å². The number of likely N-dealkylation sites (tertiary alicyclic amines) is 1. The van der Waals surface area contributed by atoms with Crippen molar-refractivity contribution < 1.29 is 33.5 Å². The first-order chi connectivity index (χ1) is 22.0. The number of ether oxygens (including phenoxy) is 1. The van der Waals surface area contributed by atoms with Crippen LogP contribution in [0, 0.1) is 23.2 Å². The summed E-state index contributed by atoms with van der Waals surface area (Å²) >= 11 is 0. The Morgan fingerprint density at radius 3 is 2.17 bits per heavy atom. The van der Waals surface area contributed by atoms with Crippen molar-refractivity contribution in [3.05, 3.63) is 47.5 Å². The van der Waals surface area contributed by atoms with Gasteiger partial charge in [-0.25, -0.2) is 9.59 Å². The Morgan fingerprint density at radius 1 is 1.00 bits per heavy atom. The number of amides is 5. The van der Waals surface area contributed by atoms with Gasteiger partial charge in [0.05, 0.1) is 6.04 Å². The number of benzene rings is 1. The van der Waals surface area contributed by atoms with E-state index in [9.17, 15) is 28.8 Å². The van der Waals surface area contributed by atoms with E-state index < -0.39 is 65.1 Å². The highest BCUT2D eigenvalue weighted by Gasteiger charge is 2.45. The molecule has 1 heterocycles. The van der Waals surface area contributed by atoms with Gasteiger partial charge in [-0.05, 0) is 55.4 Å². The van der Waals surface area contributed by atoms with Crippen LogP contribution in [-0.2, 0) is 35.3 Å². The van der Waals surface area contributed by atoms with Crippen molar-refractivity contribution in [3.63, 3.8) is 0 Å². The molecular weight excluding hydrogens is 602 g/mol. The molecule has 12 heteroatoms. The average molecular weight is 654 g/mol. The van der Waals surface area contributed by atoms with Gasteiger partial charge in [-0.15, -0.1) is 0 Å². The predicted molar refractivity (Wildman–Crippen MR) is 176 cm³/mol. The van der Waals surface area contributed by atoms with Gasteiger partial charge < -0.3 is 31.3 Å². The molecule has 1 aliphatic heterocycles. The zero-order valence-electron chi connectivity index (χ0n) is 28.6. The summed E-state index contributed by atoms with van der Waals surface area (Å²) in [5.41, 5.74) is 6.31. The van der Waals surface area contributed by atoms with Crippen molar-refractivity contribution >= 4 is 35.5 Å². The normalized spacial score (nSPS) is 19.6. The van der Waals surface area contributed by atoms with Gasteiger partial charge in [0.1, 0.15) is 24.7 Å². The Kier molecular flexibility index (Phi) is 12.7. The second-order valence-electron chi connectivity index (χ2n) is 14.4. The number of esters is 1. The number of ketones is 1. The van der Waals surface area contributed by atoms with Crippen LogP contribution in [0.2, 0.25) is 0 Å². The van der Waals surface area contributed by atoms with E-state index in [0.29, 0.717) is 12.8 Å². The summed E-state index contributed by atoms with van der Waals surface area (Å²) < 4.78 is 5.47. The van der Waals surface area contributed by atoms with Gasteiger partial charge in [-0.1, -0.05) is 89.4 Å². The van der Waals surface area contributed by atoms with Gasteiger partial charge in [0, 0.05) is 6.54 Å². The molecule has 0 spiro atoms. The Balaban J connectivity index is 1.79. The van der Waals surface area contributed by atoms with Crippen LogP contribution in [0.25, 0.3) is 0 Å².